The van der Waals surface area contributed by atoms with Gasteiger partial charge in [-0.25, -0.2) is 4.39 Å². The zero-order chi connectivity index (χ0) is 14.9. The summed E-state index contributed by atoms with van der Waals surface area (Å²) in [6.07, 6.45) is 11.4. The van der Waals surface area contributed by atoms with E-state index < -0.39 is 0 Å². The van der Waals surface area contributed by atoms with Gasteiger partial charge in [0.25, 0.3) is 0 Å². The van der Waals surface area contributed by atoms with Crippen LogP contribution in [0.1, 0.15) is 68.9 Å². The van der Waals surface area contributed by atoms with Crippen molar-refractivity contribution >= 4 is 0 Å². The van der Waals surface area contributed by atoms with Gasteiger partial charge in [0.2, 0.25) is 0 Å². The van der Waals surface area contributed by atoms with Gasteiger partial charge in [0, 0.05) is 5.54 Å². The van der Waals surface area contributed by atoms with Gasteiger partial charge in [-0.05, 0) is 54.9 Å². The van der Waals surface area contributed by atoms with Gasteiger partial charge < -0.3 is 5.73 Å². The lowest BCUT2D eigenvalue weighted by molar-refractivity contribution is 0.0979. The maximum atomic E-state index is 13.8. The molecular weight excluding hydrogens is 261 g/mol. The molecule has 2 aliphatic rings. The first-order chi connectivity index (χ1) is 10.1. The summed E-state index contributed by atoms with van der Waals surface area (Å²) in [6, 6.07) is 5.16. The third-order valence-corrected chi connectivity index (χ3v) is 5.94. The number of halogens is 1. The standard InChI is InChI=1S/C19H28FN/c1-14-10-11-16(20)13-18(14)19(21)12-6-5-9-17(19)15-7-3-2-4-8-15/h10-11,13,15,17H,2-9,12,21H2,1H3. The number of hydrogen-bond donors (Lipinski definition) is 1. The van der Waals surface area contributed by atoms with Crippen LogP contribution in [0, 0.1) is 24.6 Å². The molecule has 116 valence electrons. The quantitative estimate of drug-likeness (QED) is 0.809. The van der Waals surface area contributed by atoms with E-state index in [9.17, 15) is 4.39 Å². The summed E-state index contributed by atoms with van der Waals surface area (Å²) in [5, 5.41) is 0. The normalized spacial score (nSPS) is 31.3. The molecule has 2 atom stereocenters. The molecule has 0 saturated heterocycles. The lowest BCUT2D eigenvalue weighted by Crippen LogP contribution is -2.50. The fourth-order valence-electron chi connectivity index (χ4n) is 4.85. The van der Waals surface area contributed by atoms with E-state index in [2.05, 4.69) is 6.92 Å². The average Bonchev–Trinajstić information content (AvgIpc) is 2.51. The van der Waals surface area contributed by atoms with Gasteiger partial charge in [-0.1, -0.05) is 51.0 Å². The minimum absolute atomic E-state index is 0.145. The van der Waals surface area contributed by atoms with Crippen molar-refractivity contribution in [2.45, 2.75) is 70.3 Å². The topological polar surface area (TPSA) is 26.0 Å². The summed E-state index contributed by atoms with van der Waals surface area (Å²) >= 11 is 0. The second kappa shape index (κ2) is 6.08. The van der Waals surface area contributed by atoms with Gasteiger partial charge >= 0.3 is 0 Å². The molecule has 2 heteroatoms. The summed E-state index contributed by atoms with van der Waals surface area (Å²) in [7, 11) is 0. The van der Waals surface area contributed by atoms with Gasteiger partial charge in [-0.15, -0.1) is 0 Å². The average molecular weight is 289 g/mol. The summed E-state index contributed by atoms with van der Waals surface area (Å²) in [6.45, 7) is 2.08. The Morgan fingerprint density at radius 1 is 1.05 bits per heavy atom. The molecule has 0 aliphatic heterocycles. The maximum absolute atomic E-state index is 13.8. The first-order valence-electron chi connectivity index (χ1n) is 8.67. The van der Waals surface area contributed by atoms with Gasteiger partial charge in [-0.3, -0.25) is 0 Å². The highest BCUT2D eigenvalue weighted by molar-refractivity contribution is 5.34. The fraction of sp³-hybridized carbons (Fsp3) is 0.684. The summed E-state index contributed by atoms with van der Waals surface area (Å²) in [5.74, 6) is 1.13. The third-order valence-electron chi connectivity index (χ3n) is 5.94. The monoisotopic (exact) mass is 289 g/mol. The smallest absolute Gasteiger partial charge is 0.123 e. The van der Waals surface area contributed by atoms with Crippen molar-refractivity contribution in [3.63, 3.8) is 0 Å². The number of hydrogen-bond acceptors (Lipinski definition) is 1. The van der Waals surface area contributed by atoms with Crippen molar-refractivity contribution in [2.75, 3.05) is 0 Å². The van der Waals surface area contributed by atoms with E-state index in [0.717, 1.165) is 23.5 Å². The van der Waals surface area contributed by atoms with Gasteiger partial charge in [0.1, 0.15) is 5.82 Å². The first kappa shape index (κ1) is 15.0. The summed E-state index contributed by atoms with van der Waals surface area (Å²) in [4.78, 5) is 0. The Morgan fingerprint density at radius 2 is 1.76 bits per heavy atom. The van der Waals surface area contributed by atoms with Crippen molar-refractivity contribution in [3.8, 4) is 0 Å². The first-order valence-corrected chi connectivity index (χ1v) is 8.67. The van der Waals surface area contributed by atoms with E-state index in [1.54, 1.807) is 12.1 Å². The zero-order valence-electron chi connectivity index (χ0n) is 13.2. The molecule has 0 radical (unpaired) electrons. The molecule has 1 nitrogen and oxygen atoms in total. The summed E-state index contributed by atoms with van der Waals surface area (Å²) in [5.41, 5.74) is 8.87. The molecule has 2 unspecified atom stereocenters. The molecule has 2 fully saturated rings. The minimum atomic E-state index is -0.313. The van der Waals surface area contributed by atoms with Crippen LogP contribution < -0.4 is 5.73 Å². The largest absolute Gasteiger partial charge is 0.321 e. The highest BCUT2D eigenvalue weighted by atomic mass is 19.1. The van der Waals surface area contributed by atoms with Crippen LogP contribution in [-0.4, -0.2) is 0 Å². The Kier molecular flexibility index (Phi) is 4.35. The van der Waals surface area contributed by atoms with Crippen LogP contribution in [0.5, 0.6) is 0 Å². The molecule has 0 bridgehead atoms. The van der Waals surface area contributed by atoms with Crippen molar-refractivity contribution < 1.29 is 4.39 Å². The lowest BCUT2D eigenvalue weighted by atomic mass is 9.61. The number of benzene rings is 1. The van der Waals surface area contributed by atoms with E-state index >= 15 is 0 Å². The molecule has 0 heterocycles. The zero-order valence-corrected chi connectivity index (χ0v) is 13.2. The molecule has 3 rings (SSSR count). The molecule has 2 saturated carbocycles. The number of aryl methyl sites for hydroxylation is 1. The molecule has 21 heavy (non-hydrogen) atoms. The molecule has 1 aromatic carbocycles. The second-order valence-electron chi connectivity index (χ2n) is 7.25. The Labute approximate surface area is 128 Å². The molecule has 2 N–H and O–H groups in total. The Bertz CT molecular complexity index is 492. The highest BCUT2D eigenvalue weighted by Gasteiger charge is 2.43. The van der Waals surface area contributed by atoms with Crippen LogP contribution in [0.25, 0.3) is 0 Å². The molecule has 0 amide bonds. The van der Waals surface area contributed by atoms with E-state index in [-0.39, 0.29) is 11.4 Å². The SMILES string of the molecule is Cc1ccc(F)cc1C1(N)CCCCC1C1CCCCC1. The van der Waals surface area contributed by atoms with Crippen molar-refractivity contribution in [3.05, 3.63) is 35.1 Å². The Balaban J connectivity index is 1.96. The van der Waals surface area contributed by atoms with Crippen molar-refractivity contribution in [1.82, 2.24) is 0 Å². The van der Waals surface area contributed by atoms with E-state index in [4.69, 9.17) is 5.73 Å². The molecule has 0 aromatic heterocycles. The summed E-state index contributed by atoms with van der Waals surface area (Å²) < 4.78 is 13.8. The second-order valence-corrected chi connectivity index (χ2v) is 7.25. The lowest BCUT2D eigenvalue weighted by Gasteiger charge is -2.47. The van der Waals surface area contributed by atoms with Crippen molar-refractivity contribution in [2.24, 2.45) is 17.6 Å². The molecule has 2 aliphatic carbocycles. The molecule has 1 aromatic rings. The van der Waals surface area contributed by atoms with Crippen LogP contribution in [0.4, 0.5) is 4.39 Å². The minimum Gasteiger partial charge on any atom is -0.321 e. The van der Waals surface area contributed by atoms with Gasteiger partial charge in [0.05, 0.1) is 0 Å². The van der Waals surface area contributed by atoms with Gasteiger partial charge in [0.15, 0.2) is 0 Å². The predicted octanol–water partition coefficient (Wildman–Crippen LogP) is 5.06. The van der Waals surface area contributed by atoms with Crippen LogP contribution in [-0.2, 0) is 5.54 Å². The van der Waals surface area contributed by atoms with Crippen LogP contribution in [0.15, 0.2) is 18.2 Å². The van der Waals surface area contributed by atoms with Crippen LogP contribution in [0.3, 0.4) is 0 Å². The van der Waals surface area contributed by atoms with E-state index in [1.807, 2.05) is 6.07 Å². The predicted molar refractivity (Wildman–Crippen MR) is 85.5 cm³/mol. The highest BCUT2D eigenvalue weighted by Crippen LogP contribution is 2.48. The van der Waals surface area contributed by atoms with Crippen molar-refractivity contribution in [1.29, 1.82) is 0 Å². The fourth-order valence-corrected chi connectivity index (χ4v) is 4.85. The Morgan fingerprint density at radius 3 is 2.52 bits per heavy atom. The number of rotatable bonds is 2. The molecule has 0 spiro atoms. The van der Waals surface area contributed by atoms with Crippen LogP contribution >= 0.6 is 0 Å². The third kappa shape index (κ3) is 2.88. The van der Waals surface area contributed by atoms with E-state index in [0.29, 0.717) is 5.92 Å². The van der Waals surface area contributed by atoms with Crippen LogP contribution in [0.2, 0.25) is 0 Å². The molecular formula is C19H28FN. The van der Waals surface area contributed by atoms with E-state index in [1.165, 1.54) is 51.4 Å². The Hall–Kier alpha value is -0.890. The van der Waals surface area contributed by atoms with Gasteiger partial charge in [-0.2, -0.15) is 0 Å². The number of nitrogens with two attached hydrogens (primary N) is 1. The maximum Gasteiger partial charge on any atom is 0.123 e.